The first kappa shape index (κ1) is 23.2. The number of nitrogens with zero attached hydrogens (tertiary/aromatic N) is 3. The molecule has 31 heavy (non-hydrogen) atoms. The highest BCUT2D eigenvalue weighted by atomic mass is 32.2. The monoisotopic (exact) mass is 462 g/mol. The SMILES string of the molecule is CC.Cc1nc(N2CCCN(c3cc(F)c(-c4ccccc4)cc3F)C2=O)sc1SN. The molecule has 2 heterocycles. The second kappa shape index (κ2) is 10.2. The zero-order valence-electron chi connectivity index (χ0n) is 17.6. The maximum Gasteiger partial charge on any atom is 0.330 e. The summed E-state index contributed by atoms with van der Waals surface area (Å²) in [4.78, 5) is 20.2. The molecule has 3 aromatic rings. The van der Waals surface area contributed by atoms with E-state index in [1.165, 1.54) is 21.1 Å². The van der Waals surface area contributed by atoms with E-state index in [0.717, 1.165) is 34.0 Å². The summed E-state index contributed by atoms with van der Waals surface area (Å²) in [5, 5.41) is 6.13. The summed E-state index contributed by atoms with van der Waals surface area (Å²) in [5.41, 5.74) is 1.41. The van der Waals surface area contributed by atoms with Gasteiger partial charge < -0.3 is 0 Å². The number of hydrogen-bond acceptors (Lipinski definition) is 5. The minimum Gasteiger partial charge on any atom is -0.291 e. The molecule has 0 aliphatic carbocycles. The average molecular weight is 463 g/mol. The van der Waals surface area contributed by atoms with Gasteiger partial charge in [-0.15, -0.1) is 0 Å². The minimum atomic E-state index is -0.644. The Morgan fingerprint density at radius 3 is 2.39 bits per heavy atom. The fourth-order valence-electron chi connectivity index (χ4n) is 3.30. The molecule has 2 aromatic carbocycles. The normalized spacial score (nSPS) is 13.8. The molecule has 1 aliphatic rings. The zero-order valence-corrected chi connectivity index (χ0v) is 19.2. The van der Waals surface area contributed by atoms with Crippen LogP contribution in [0, 0.1) is 18.6 Å². The lowest BCUT2D eigenvalue weighted by Gasteiger charge is -2.34. The molecule has 1 fully saturated rings. The van der Waals surface area contributed by atoms with Crippen LogP contribution in [0.2, 0.25) is 0 Å². The van der Waals surface area contributed by atoms with Crippen LogP contribution >= 0.6 is 23.3 Å². The van der Waals surface area contributed by atoms with Crippen molar-refractivity contribution in [2.45, 2.75) is 31.4 Å². The lowest BCUT2D eigenvalue weighted by atomic mass is 10.0. The Morgan fingerprint density at radius 1 is 1.06 bits per heavy atom. The third-order valence-corrected chi connectivity index (χ3v) is 6.74. The highest BCUT2D eigenvalue weighted by Gasteiger charge is 2.32. The number of anilines is 2. The number of carbonyl (C=O) groups excluding carboxylic acids is 1. The second-order valence-electron chi connectivity index (χ2n) is 6.58. The number of halogens is 2. The molecule has 0 unspecified atom stereocenters. The predicted octanol–water partition coefficient (Wildman–Crippen LogP) is 6.23. The van der Waals surface area contributed by atoms with Crippen molar-refractivity contribution in [2.75, 3.05) is 22.9 Å². The van der Waals surface area contributed by atoms with Crippen molar-refractivity contribution in [1.82, 2.24) is 4.98 Å². The quantitative estimate of drug-likeness (QED) is 0.467. The van der Waals surface area contributed by atoms with Gasteiger partial charge in [0.25, 0.3) is 0 Å². The topological polar surface area (TPSA) is 62.5 Å². The zero-order chi connectivity index (χ0) is 22.5. The molecule has 0 bridgehead atoms. The maximum absolute atomic E-state index is 14.9. The number of carbonyl (C=O) groups is 1. The first-order valence-corrected chi connectivity index (χ1v) is 11.7. The van der Waals surface area contributed by atoms with Gasteiger partial charge >= 0.3 is 6.03 Å². The van der Waals surface area contributed by atoms with E-state index in [2.05, 4.69) is 4.98 Å². The molecular formula is C22H24F2N4OS2. The van der Waals surface area contributed by atoms with E-state index in [9.17, 15) is 13.6 Å². The van der Waals surface area contributed by atoms with Crippen molar-refractivity contribution in [3.05, 3.63) is 59.8 Å². The Bertz CT molecular complexity index is 1060. The van der Waals surface area contributed by atoms with Crippen LogP contribution in [0.1, 0.15) is 26.0 Å². The Balaban J connectivity index is 0.00000132. The standard InChI is InChI=1S/C20H18F2N4OS2.C2H6/c1-12-18(29-23)28-19(24-12)26-9-5-8-25(20(26)27)17-11-15(21)14(10-16(17)22)13-6-3-2-4-7-13;1-2/h2-4,6-7,10-11H,5,8-9,23H2,1H3;1-2H3. The first-order chi connectivity index (χ1) is 15.0. The van der Waals surface area contributed by atoms with Crippen molar-refractivity contribution in [3.63, 3.8) is 0 Å². The number of hydrogen-bond donors (Lipinski definition) is 1. The van der Waals surface area contributed by atoms with Crippen LogP contribution in [0.4, 0.5) is 24.4 Å². The van der Waals surface area contributed by atoms with Crippen LogP contribution in [-0.4, -0.2) is 24.1 Å². The lowest BCUT2D eigenvalue weighted by Crippen LogP contribution is -2.50. The minimum absolute atomic E-state index is 0.0708. The van der Waals surface area contributed by atoms with E-state index in [1.54, 1.807) is 24.3 Å². The number of amides is 2. The molecule has 1 aliphatic heterocycles. The highest BCUT2D eigenvalue weighted by Crippen LogP contribution is 2.35. The molecule has 2 amide bonds. The fraction of sp³-hybridized carbons (Fsp3) is 0.273. The Labute approximate surface area is 189 Å². The van der Waals surface area contributed by atoms with Gasteiger partial charge in [0.1, 0.15) is 11.6 Å². The van der Waals surface area contributed by atoms with Crippen molar-refractivity contribution in [2.24, 2.45) is 5.14 Å². The van der Waals surface area contributed by atoms with E-state index in [4.69, 9.17) is 5.14 Å². The number of aryl methyl sites for hydroxylation is 1. The van der Waals surface area contributed by atoms with Gasteiger partial charge in [0, 0.05) is 24.7 Å². The summed E-state index contributed by atoms with van der Waals surface area (Å²) in [7, 11) is 0. The van der Waals surface area contributed by atoms with Gasteiger partial charge in [-0.1, -0.05) is 55.5 Å². The van der Waals surface area contributed by atoms with E-state index in [1.807, 2.05) is 26.8 Å². The largest absolute Gasteiger partial charge is 0.330 e. The number of benzene rings is 2. The van der Waals surface area contributed by atoms with Crippen LogP contribution in [0.3, 0.4) is 0 Å². The van der Waals surface area contributed by atoms with Crippen molar-refractivity contribution >= 4 is 40.1 Å². The molecule has 1 aromatic heterocycles. The molecule has 0 saturated carbocycles. The van der Waals surface area contributed by atoms with Gasteiger partial charge in [-0.3, -0.25) is 14.9 Å². The van der Waals surface area contributed by atoms with Crippen LogP contribution in [0.15, 0.2) is 46.7 Å². The summed E-state index contributed by atoms with van der Waals surface area (Å²) in [6, 6.07) is 10.6. The van der Waals surface area contributed by atoms with Gasteiger partial charge in [-0.05, 0) is 36.9 Å². The molecule has 5 nitrogen and oxygen atoms in total. The van der Waals surface area contributed by atoms with Gasteiger partial charge in [-0.25, -0.2) is 18.6 Å². The molecule has 0 atom stereocenters. The number of urea groups is 1. The highest BCUT2D eigenvalue weighted by molar-refractivity contribution is 7.99. The van der Waals surface area contributed by atoms with Gasteiger partial charge in [-0.2, -0.15) is 0 Å². The molecule has 0 spiro atoms. The summed E-state index contributed by atoms with van der Waals surface area (Å²) in [6.45, 7) is 6.58. The number of thiazole rings is 1. The second-order valence-corrected chi connectivity index (χ2v) is 8.46. The molecule has 164 valence electrons. The molecule has 1 saturated heterocycles. The van der Waals surface area contributed by atoms with Crippen LogP contribution in [-0.2, 0) is 0 Å². The van der Waals surface area contributed by atoms with Crippen molar-refractivity contribution in [3.8, 4) is 11.1 Å². The molecule has 4 rings (SSSR count). The van der Waals surface area contributed by atoms with Crippen molar-refractivity contribution in [1.29, 1.82) is 0 Å². The Kier molecular flexibility index (Phi) is 7.64. The third-order valence-electron chi connectivity index (χ3n) is 4.72. The molecule has 9 heteroatoms. The number of aromatic nitrogens is 1. The van der Waals surface area contributed by atoms with Crippen LogP contribution in [0.5, 0.6) is 0 Å². The first-order valence-electron chi connectivity index (χ1n) is 9.97. The summed E-state index contributed by atoms with van der Waals surface area (Å²) >= 11 is 2.39. The number of rotatable bonds is 4. The molecule has 0 radical (unpaired) electrons. The van der Waals surface area contributed by atoms with E-state index >= 15 is 0 Å². The lowest BCUT2D eigenvalue weighted by molar-refractivity contribution is 0.248. The number of nitrogens with two attached hydrogens (primary N) is 1. The Hall–Kier alpha value is -2.49. The summed E-state index contributed by atoms with van der Waals surface area (Å²) in [5.74, 6) is -1.22. The van der Waals surface area contributed by atoms with Gasteiger partial charge in [0.05, 0.1) is 15.6 Å². The third kappa shape index (κ3) is 4.73. The maximum atomic E-state index is 14.9. The van der Waals surface area contributed by atoms with Crippen molar-refractivity contribution < 1.29 is 13.6 Å². The molecular weight excluding hydrogens is 438 g/mol. The summed E-state index contributed by atoms with van der Waals surface area (Å²) in [6.07, 6.45) is 0.608. The predicted molar refractivity (Wildman–Crippen MR) is 125 cm³/mol. The van der Waals surface area contributed by atoms with Crippen LogP contribution in [0.25, 0.3) is 11.1 Å². The Morgan fingerprint density at radius 2 is 1.74 bits per heavy atom. The van der Waals surface area contributed by atoms with Gasteiger partial charge in [0.15, 0.2) is 5.13 Å². The van der Waals surface area contributed by atoms with E-state index < -0.39 is 17.7 Å². The average Bonchev–Trinajstić information content (AvgIpc) is 3.17. The van der Waals surface area contributed by atoms with Gasteiger partial charge in [0.2, 0.25) is 0 Å². The smallest absolute Gasteiger partial charge is 0.291 e. The summed E-state index contributed by atoms with van der Waals surface area (Å²) < 4.78 is 30.5. The molecule has 2 N–H and O–H groups in total. The van der Waals surface area contributed by atoms with E-state index in [-0.39, 0.29) is 11.3 Å². The van der Waals surface area contributed by atoms with Crippen LogP contribution < -0.4 is 14.9 Å². The van der Waals surface area contributed by atoms with E-state index in [0.29, 0.717) is 30.2 Å². The fourth-order valence-corrected chi connectivity index (χ4v) is 4.75.